The van der Waals surface area contributed by atoms with Crippen LogP contribution in [0.2, 0.25) is 0 Å². The van der Waals surface area contributed by atoms with E-state index in [1.807, 2.05) is 34.6 Å². The van der Waals surface area contributed by atoms with Crippen LogP contribution >= 0.6 is 0 Å². The van der Waals surface area contributed by atoms with Crippen molar-refractivity contribution < 1.29 is 29.2 Å². The largest absolute Gasteiger partial charge is 0.394 e. The van der Waals surface area contributed by atoms with Crippen molar-refractivity contribution in [2.75, 3.05) is 39.6 Å². The Morgan fingerprint density at radius 1 is 0.652 bits per heavy atom. The number of aliphatic hydroxyl groups is 2. The predicted octanol–water partition coefficient (Wildman–Crippen LogP) is 2.01. The van der Waals surface area contributed by atoms with Gasteiger partial charge in [-0.15, -0.1) is 0 Å². The molecule has 0 radical (unpaired) electrons. The molecule has 0 aliphatic rings. The van der Waals surface area contributed by atoms with Gasteiger partial charge in [0, 0.05) is 13.2 Å². The van der Waals surface area contributed by atoms with Gasteiger partial charge in [0.2, 0.25) is 0 Å². The number of rotatable bonds is 13. The first-order valence-corrected chi connectivity index (χ1v) is 8.59. The zero-order chi connectivity index (χ0) is 18.1. The first-order valence-electron chi connectivity index (χ1n) is 8.59. The van der Waals surface area contributed by atoms with Gasteiger partial charge < -0.3 is 29.2 Å². The molecule has 0 heterocycles. The molecule has 0 rings (SSSR count). The maximum Gasteiger partial charge on any atom is 0.0780 e. The van der Waals surface area contributed by atoms with E-state index in [2.05, 4.69) is 6.92 Å². The van der Waals surface area contributed by atoms with Gasteiger partial charge in [0.15, 0.2) is 0 Å². The first-order chi connectivity index (χ1) is 10.9. The minimum absolute atomic E-state index is 0.0683. The fourth-order valence-corrected chi connectivity index (χ4v) is 1.40. The van der Waals surface area contributed by atoms with E-state index in [1.54, 1.807) is 0 Å². The fraction of sp³-hybridized carbons (Fsp3) is 1.00. The van der Waals surface area contributed by atoms with Crippen LogP contribution in [0.5, 0.6) is 0 Å². The lowest BCUT2D eigenvalue weighted by atomic mass is 10.4. The molecule has 0 amide bonds. The van der Waals surface area contributed by atoms with Gasteiger partial charge in [-0.3, -0.25) is 0 Å². The summed E-state index contributed by atoms with van der Waals surface area (Å²) in [6, 6.07) is 0. The third-order valence-corrected chi connectivity index (χ3v) is 2.80. The van der Waals surface area contributed by atoms with Gasteiger partial charge in [-0.25, -0.2) is 0 Å². The molecule has 142 valence electrons. The van der Waals surface area contributed by atoms with Crippen LogP contribution < -0.4 is 0 Å². The topological polar surface area (TPSA) is 77.4 Å². The lowest BCUT2D eigenvalue weighted by Gasteiger charge is -2.15. The minimum atomic E-state index is -0.0855. The lowest BCUT2D eigenvalue weighted by Crippen LogP contribution is -2.22. The minimum Gasteiger partial charge on any atom is -0.394 e. The lowest BCUT2D eigenvalue weighted by molar-refractivity contribution is -0.0451. The van der Waals surface area contributed by atoms with Gasteiger partial charge in [-0.05, 0) is 41.0 Å². The molecule has 6 nitrogen and oxygen atoms in total. The highest BCUT2D eigenvalue weighted by molar-refractivity contribution is 4.51. The average Bonchev–Trinajstić information content (AvgIpc) is 2.56. The fourth-order valence-electron chi connectivity index (χ4n) is 1.40. The van der Waals surface area contributed by atoms with E-state index in [0.717, 1.165) is 13.0 Å². The summed E-state index contributed by atoms with van der Waals surface area (Å²) in [5.74, 6) is 0. The summed E-state index contributed by atoms with van der Waals surface area (Å²) in [7, 11) is 0. The molecule has 0 bridgehead atoms. The molecule has 0 aromatic carbocycles. The average molecular weight is 338 g/mol. The van der Waals surface area contributed by atoms with Crippen molar-refractivity contribution in [1.29, 1.82) is 0 Å². The third-order valence-electron chi connectivity index (χ3n) is 2.80. The quantitative estimate of drug-likeness (QED) is 0.535. The number of ether oxygens (including phenoxy) is 4. The van der Waals surface area contributed by atoms with Crippen LogP contribution in [0.3, 0.4) is 0 Å². The highest BCUT2D eigenvalue weighted by Gasteiger charge is 2.05. The summed E-state index contributed by atoms with van der Waals surface area (Å²) in [5, 5.41) is 17.3. The maximum atomic E-state index is 8.66. The highest BCUT2D eigenvalue weighted by atomic mass is 16.5. The standard InChI is InChI=1S/C9H20O3.C8H18O3/c1-4-5-11-9(3)7-12-8(2)6-10;1-4-10-8(3)6-11-7(2)5-9/h8-10H,4-7H2,1-3H3;7-9H,4-6H2,1-3H3. The Kier molecular flexibility index (Phi) is 19.7. The SMILES string of the molecule is CCCOC(C)COC(C)CO.CCOC(C)COC(C)CO. The maximum absolute atomic E-state index is 8.66. The molecule has 0 aromatic heterocycles. The van der Waals surface area contributed by atoms with Crippen molar-refractivity contribution in [1.82, 2.24) is 0 Å². The van der Waals surface area contributed by atoms with E-state index in [-0.39, 0.29) is 37.6 Å². The summed E-state index contributed by atoms with van der Waals surface area (Å²) >= 11 is 0. The molecule has 0 saturated heterocycles. The number of aliphatic hydroxyl groups excluding tert-OH is 2. The molecule has 4 unspecified atom stereocenters. The zero-order valence-electron chi connectivity index (χ0n) is 15.8. The second-order valence-corrected chi connectivity index (χ2v) is 5.60. The second kappa shape index (κ2) is 18.1. The van der Waals surface area contributed by atoms with Gasteiger partial charge in [0.25, 0.3) is 0 Å². The molecule has 2 N–H and O–H groups in total. The molecule has 0 fully saturated rings. The second-order valence-electron chi connectivity index (χ2n) is 5.60. The number of hydrogen-bond acceptors (Lipinski definition) is 6. The Morgan fingerprint density at radius 3 is 1.43 bits per heavy atom. The smallest absolute Gasteiger partial charge is 0.0780 e. The van der Waals surface area contributed by atoms with Crippen LogP contribution in [0.25, 0.3) is 0 Å². The van der Waals surface area contributed by atoms with Crippen LogP contribution in [0.4, 0.5) is 0 Å². The van der Waals surface area contributed by atoms with Crippen molar-refractivity contribution in [3.8, 4) is 0 Å². The third kappa shape index (κ3) is 19.7. The van der Waals surface area contributed by atoms with Crippen molar-refractivity contribution in [3.63, 3.8) is 0 Å². The molecule has 0 saturated carbocycles. The molecule has 4 atom stereocenters. The van der Waals surface area contributed by atoms with E-state index >= 15 is 0 Å². The summed E-state index contributed by atoms with van der Waals surface area (Å²) < 4.78 is 21.1. The van der Waals surface area contributed by atoms with Crippen molar-refractivity contribution >= 4 is 0 Å². The van der Waals surface area contributed by atoms with Crippen molar-refractivity contribution in [2.45, 2.75) is 72.4 Å². The van der Waals surface area contributed by atoms with E-state index in [1.165, 1.54) is 0 Å². The van der Waals surface area contributed by atoms with Crippen LogP contribution in [0.1, 0.15) is 48.0 Å². The highest BCUT2D eigenvalue weighted by Crippen LogP contribution is 1.97. The van der Waals surface area contributed by atoms with E-state index < -0.39 is 0 Å². The van der Waals surface area contributed by atoms with Crippen LogP contribution in [0.15, 0.2) is 0 Å². The summed E-state index contributed by atoms with van der Waals surface area (Å²) in [6.07, 6.45) is 1.10. The Labute approximate surface area is 142 Å². The molecule has 0 aliphatic carbocycles. The van der Waals surface area contributed by atoms with Crippen molar-refractivity contribution in [3.05, 3.63) is 0 Å². The number of hydrogen-bond donors (Lipinski definition) is 2. The molecule has 6 heteroatoms. The van der Waals surface area contributed by atoms with Gasteiger partial charge in [-0.1, -0.05) is 6.92 Å². The van der Waals surface area contributed by atoms with Gasteiger partial charge in [0.05, 0.1) is 50.8 Å². The summed E-state index contributed by atoms with van der Waals surface area (Å²) in [5.41, 5.74) is 0. The van der Waals surface area contributed by atoms with Crippen LogP contribution in [-0.2, 0) is 18.9 Å². The molecule has 0 aliphatic heterocycles. The van der Waals surface area contributed by atoms with E-state index in [4.69, 9.17) is 29.2 Å². The van der Waals surface area contributed by atoms with E-state index in [9.17, 15) is 0 Å². The molecule has 23 heavy (non-hydrogen) atoms. The molecule has 0 aromatic rings. The molecule has 0 spiro atoms. The van der Waals surface area contributed by atoms with E-state index in [0.29, 0.717) is 19.8 Å². The van der Waals surface area contributed by atoms with Gasteiger partial charge in [0.1, 0.15) is 0 Å². The van der Waals surface area contributed by atoms with Gasteiger partial charge >= 0.3 is 0 Å². The Hall–Kier alpha value is -0.240. The van der Waals surface area contributed by atoms with Crippen LogP contribution in [0, 0.1) is 0 Å². The summed E-state index contributed by atoms with van der Waals surface area (Å²) in [6.45, 7) is 14.3. The normalized spacial score (nSPS) is 16.2. The van der Waals surface area contributed by atoms with Gasteiger partial charge in [-0.2, -0.15) is 0 Å². The predicted molar refractivity (Wildman–Crippen MR) is 91.8 cm³/mol. The Bertz CT molecular complexity index is 227. The Morgan fingerprint density at radius 2 is 1.09 bits per heavy atom. The monoisotopic (exact) mass is 338 g/mol. The first kappa shape index (κ1) is 25.0. The van der Waals surface area contributed by atoms with Crippen molar-refractivity contribution in [2.24, 2.45) is 0 Å². The molecular formula is C17H38O6. The summed E-state index contributed by atoms with van der Waals surface area (Å²) in [4.78, 5) is 0. The Balaban J connectivity index is 0. The van der Waals surface area contributed by atoms with Crippen LogP contribution in [-0.4, -0.2) is 74.3 Å². The zero-order valence-corrected chi connectivity index (χ0v) is 15.8. The molecular weight excluding hydrogens is 300 g/mol.